The molecular weight excluding hydrogens is 286 g/mol. The van der Waals surface area contributed by atoms with Crippen molar-refractivity contribution in [3.63, 3.8) is 0 Å². The van der Waals surface area contributed by atoms with Crippen molar-refractivity contribution in [3.8, 4) is 0 Å². The molecule has 1 aromatic carbocycles. The molecule has 0 heterocycles. The van der Waals surface area contributed by atoms with E-state index in [1.165, 1.54) is 0 Å². The minimum absolute atomic E-state index is 0.292. The molecule has 5 heteroatoms. The van der Waals surface area contributed by atoms with E-state index in [-0.39, 0.29) is 0 Å². The van der Waals surface area contributed by atoms with Gasteiger partial charge in [0.2, 0.25) is 11.9 Å². The largest absolute Gasteiger partial charge is 0.349 e. The van der Waals surface area contributed by atoms with Crippen molar-refractivity contribution in [2.45, 2.75) is 39.2 Å². The Morgan fingerprint density at radius 1 is 1.04 bits per heavy atom. The molecule has 0 aromatic heterocycles. The summed E-state index contributed by atoms with van der Waals surface area (Å²) in [5.41, 5.74) is 0.998. The summed E-state index contributed by atoms with van der Waals surface area (Å²) in [5.74, 6) is 1.52. The minimum Gasteiger partial charge on any atom is -0.349 e. The highest BCUT2D eigenvalue weighted by atomic mass is 15.4. The van der Waals surface area contributed by atoms with Crippen molar-refractivity contribution in [2.75, 3.05) is 33.5 Å². The second-order valence-electron chi connectivity index (χ2n) is 6.00. The van der Waals surface area contributed by atoms with Crippen molar-refractivity contribution in [1.29, 1.82) is 0 Å². The van der Waals surface area contributed by atoms with Gasteiger partial charge >= 0.3 is 0 Å². The number of hydrogen-bond donors (Lipinski definition) is 1. The highest BCUT2D eigenvalue weighted by Crippen LogP contribution is 2.10. The van der Waals surface area contributed by atoms with E-state index in [0.717, 1.165) is 30.9 Å². The second kappa shape index (κ2) is 9.87. The molecule has 1 atom stereocenters. The van der Waals surface area contributed by atoms with Crippen LogP contribution in [0.15, 0.2) is 40.3 Å². The van der Waals surface area contributed by atoms with Gasteiger partial charge in [-0.1, -0.05) is 38.5 Å². The van der Waals surface area contributed by atoms with Crippen molar-refractivity contribution in [1.82, 2.24) is 9.80 Å². The van der Waals surface area contributed by atoms with Crippen LogP contribution in [0.3, 0.4) is 0 Å². The quantitative estimate of drug-likeness (QED) is 0.667. The normalized spacial score (nSPS) is 12.5. The predicted molar refractivity (Wildman–Crippen MR) is 101 cm³/mol. The number of rotatable bonds is 5. The second-order valence-corrected chi connectivity index (χ2v) is 6.00. The summed E-state index contributed by atoms with van der Waals surface area (Å²) in [4.78, 5) is 13.6. The molecule has 1 rings (SSSR count). The molecule has 23 heavy (non-hydrogen) atoms. The third kappa shape index (κ3) is 6.72. The molecule has 0 saturated carbocycles. The standard InChI is InChI=1S/C18H31N5/c1-7-12-15(8-2)19-17(20-16-13-10-9-11-14-16)21-18(22(3)4)23(5)6/h9-11,13-15H,7-8,12H2,1-6H3,(H,19,20). The molecule has 0 bridgehead atoms. The molecule has 0 spiro atoms. The maximum Gasteiger partial charge on any atom is 0.226 e. The lowest BCUT2D eigenvalue weighted by Crippen LogP contribution is -2.37. The monoisotopic (exact) mass is 317 g/mol. The summed E-state index contributed by atoms with van der Waals surface area (Å²) >= 11 is 0. The van der Waals surface area contributed by atoms with Crippen LogP contribution in [0.25, 0.3) is 0 Å². The van der Waals surface area contributed by atoms with E-state index in [9.17, 15) is 0 Å². The maximum atomic E-state index is 4.85. The number of anilines is 1. The predicted octanol–water partition coefficient (Wildman–Crippen LogP) is 3.51. The first-order chi connectivity index (χ1) is 11.0. The van der Waals surface area contributed by atoms with Gasteiger partial charge in [-0.05, 0) is 25.0 Å². The summed E-state index contributed by atoms with van der Waals surface area (Å²) in [5, 5.41) is 3.35. The smallest absolute Gasteiger partial charge is 0.226 e. The van der Waals surface area contributed by atoms with Gasteiger partial charge in [-0.25, -0.2) is 4.99 Å². The number of nitrogens with one attached hydrogen (secondary N) is 1. The summed E-state index contributed by atoms with van der Waals surface area (Å²) < 4.78 is 0. The molecule has 1 unspecified atom stereocenters. The Morgan fingerprint density at radius 3 is 2.13 bits per heavy atom. The van der Waals surface area contributed by atoms with E-state index < -0.39 is 0 Å². The Balaban J connectivity index is 3.14. The lowest BCUT2D eigenvalue weighted by atomic mass is 10.1. The average molecular weight is 317 g/mol. The molecule has 0 radical (unpaired) electrons. The topological polar surface area (TPSA) is 43.2 Å². The number of para-hydroxylation sites is 1. The van der Waals surface area contributed by atoms with Gasteiger partial charge in [0.25, 0.3) is 0 Å². The number of nitrogens with zero attached hydrogens (tertiary/aromatic N) is 4. The number of guanidine groups is 2. The zero-order valence-corrected chi connectivity index (χ0v) is 15.4. The molecule has 5 nitrogen and oxygen atoms in total. The van der Waals surface area contributed by atoms with Crippen molar-refractivity contribution in [2.24, 2.45) is 9.98 Å². The lowest BCUT2D eigenvalue weighted by Gasteiger charge is -2.23. The Hall–Kier alpha value is -2.04. The van der Waals surface area contributed by atoms with Crippen LogP contribution in [0.1, 0.15) is 33.1 Å². The first-order valence-corrected chi connectivity index (χ1v) is 8.31. The van der Waals surface area contributed by atoms with Gasteiger partial charge in [0, 0.05) is 33.9 Å². The van der Waals surface area contributed by atoms with E-state index >= 15 is 0 Å². The van der Waals surface area contributed by atoms with Gasteiger partial charge in [-0.15, -0.1) is 0 Å². The van der Waals surface area contributed by atoms with E-state index in [2.05, 4.69) is 19.2 Å². The molecule has 0 saturated heterocycles. The fraction of sp³-hybridized carbons (Fsp3) is 0.556. The molecule has 0 amide bonds. The maximum absolute atomic E-state index is 4.85. The molecule has 0 aliphatic heterocycles. The highest BCUT2D eigenvalue weighted by molar-refractivity contribution is 6.02. The Kier molecular flexibility index (Phi) is 8.16. The van der Waals surface area contributed by atoms with Crippen molar-refractivity contribution < 1.29 is 0 Å². The van der Waals surface area contributed by atoms with E-state index in [4.69, 9.17) is 9.98 Å². The number of hydrogen-bond acceptors (Lipinski definition) is 1. The van der Waals surface area contributed by atoms with Gasteiger partial charge in [0.15, 0.2) is 0 Å². The summed E-state index contributed by atoms with van der Waals surface area (Å²) in [6.07, 6.45) is 3.21. The number of benzene rings is 1. The SMILES string of the molecule is CCCC(CC)N=C(N=C(N(C)C)N(C)C)Nc1ccccc1. The third-order valence-electron chi connectivity index (χ3n) is 3.43. The fourth-order valence-electron chi connectivity index (χ4n) is 2.30. The van der Waals surface area contributed by atoms with Gasteiger partial charge in [0.05, 0.1) is 6.04 Å². The molecule has 0 fully saturated rings. The minimum atomic E-state index is 0.292. The van der Waals surface area contributed by atoms with Gasteiger partial charge in [-0.3, -0.25) is 0 Å². The van der Waals surface area contributed by atoms with Crippen molar-refractivity contribution >= 4 is 17.6 Å². The van der Waals surface area contributed by atoms with E-state index in [0.29, 0.717) is 12.0 Å². The van der Waals surface area contributed by atoms with E-state index in [1.54, 1.807) is 0 Å². The fourth-order valence-corrected chi connectivity index (χ4v) is 2.30. The zero-order valence-electron chi connectivity index (χ0n) is 15.4. The van der Waals surface area contributed by atoms with Crippen LogP contribution in [0.4, 0.5) is 5.69 Å². The van der Waals surface area contributed by atoms with Crippen LogP contribution in [-0.2, 0) is 0 Å². The molecular formula is C18H31N5. The van der Waals surface area contributed by atoms with Crippen LogP contribution in [0.5, 0.6) is 0 Å². The Labute approximate surface area is 141 Å². The average Bonchev–Trinajstić information content (AvgIpc) is 2.52. The molecule has 0 aliphatic rings. The summed E-state index contributed by atoms with van der Waals surface area (Å²) in [7, 11) is 7.95. The van der Waals surface area contributed by atoms with Crippen LogP contribution in [-0.4, -0.2) is 56.0 Å². The van der Waals surface area contributed by atoms with Gasteiger partial charge in [0.1, 0.15) is 0 Å². The highest BCUT2D eigenvalue weighted by Gasteiger charge is 2.10. The summed E-state index contributed by atoms with van der Waals surface area (Å²) in [6, 6.07) is 10.4. The molecule has 1 aromatic rings. The van der Waals surface area contributed by atoms with Crippen molar-refractivity contribution in [3.05, 3.63) is 30.3 Å². The molecule has 1 N–H and O–H groups in total. The third-order valence-corrected chi connectivity index (χ3v) is 3.43. The van der Waals surface area contributed by atoms with Crippen LogP contribution in [0.2, 0.25) is 0 Å². The van der Waals surface area contributed by atoms with Crippen LogP contribution in [0, 0.1) is 0 Å². The van der Waals surface area contributed by atoms with Gasteiger partial charge in [-0.2, -0.15) is 4.99 Å². The Bertz CT molecular complexity index is 495. The Morgan fingerprint density at radius 2 is 1.65 bits per heavy atom. The lowest BCUT2D eigenvalue weighted by molar-refractivity contribution is 0.485. The molecule has 128 valence electrons. The van der Waals surface area contributed by atoms with Crippen LogP contribution < -0.4 is 5.32 Å². The van der Waals surface area contributed by atoms with Crippen LogP contribution >= 0.6 is 0 Å². The number of aliphatic imine (C=N–C) groups is 2. The van der Waals surface area contributed by atoms with Gasteiger partial charge < -0.3 is 15.1 Å². The zero-order chi connectivity index (χ0) is 17.2. The molecule has 0 aliphatic carbocycles. The first kappa shape index (κ1) is 19.0. The van der Waals surface area contributed by atoms with E-state index in [1.807, 2.05) is 68.3 Å². The first-order valence-electron chi connectivity index (χ1n) is 8.31. The summed E-state index contributed by atoms with van der Waals surface area (Å²) in [6.45, 7) is 4.36.